The number of nitro benzene ring substituents is 1. The van der Waals surface area contributed by atoms with Crippen molar-refractivity contribution in [2.45, 2.75) is 19.3 Å². The average molecular weight is 505 g/mol. The fourth-order valence-electron chi connectivity index (χ4n) is 3.32. The number of piperidine rings is 1. The van der Waals surface area contributed by atoms with Crippen LogP contribution in [0.5, 0.6) is 0 Å². The minimum Gasteiger partial charge on any atom is -0.341 e. The van der Waals surface area contributed by atoms with Crippen LogP contribution in [0.25, 0.3) is 0 Å². The molecule has 0 unspecified atom stereocenters. The summed E-state index contributed by atoms with van der Waals surface area (Å²) < 4.78 is 13.2. The van der Waals surface area contributed by atoms with Crippen molar-refractivity contribution in [1.82, 2.24) is 15.0 Å². The van der Waals surface area contributed by atoms with Crippen LogP contribution in [0.4, 0.5) is 33.6 Å². The number of nitrogens with zero attached hydrogens (tertiary/aromatic N) is 6. The van der Waals surface area contributed by atoms with Gasteiger partial charge in [0.2, 0.25) is 17.8 Å². The molecule has 0 spiro atoms. The molecule has 1 fully saturated rings. The summed E-state index contributed by atoms with van der Waals surface area (Å²) in [5, 5.41) is 18.4. The lowest BCUT2D eigenvalue weighted by Gasteiger charge is -2.26. The molecular formula is C21H19Cl2FN8O2. The summed E-state index contributed by atoms with van der Waals surface area (Å²) >= 11 is 12.1. The number of aromatic nitrogens is 3. The number of hydrazone groups is 1. The number of rotatable bonds is 7. The SMILES string of the molecule is O=[N+]([O-])c1cc(Cl)c(Cl)c(/C=N\Nc2nc(Nc3ccc(F)cc3)nc(N3CCCCC3)n2)c1. The van der Waals surface area contributed by atoms with E-state index in [0.29, 0.717) is 11.6 Å². The largest absolute Gasteiger partial charge is 0.341 e. The number of anilines is 4. The van der Waals surface area contributed by atoms with Gasteiger partial charge < -0.3 is 10.2 Å². The van der Waals surface area contributed by atoms with E-state index in [1.54, 1.807) is 12.1 Å². The highest BCUT2D eigenvalue weighted by Crippen LogP contribution is 2.30. The molecule has 1 aliphatic rings. The van der Waals surface area contributed by atoms with Crippen LogP contribution in [-0.2, 0) is 0 Å². The molecule has 4 rings (SSSR count). The number of non-ortho nitro benzene ring substituents is 1. The van der Waals surface area contributed by atoms with Crippen molar-refractivity contribution in [2.24, 2.45) is 5.10 Å². The summed E-state index contributed by atoms with van der Waals surface area (Å²) in [5.74, 6) is 0.501. The number of halogens is 3. The molecule has 0 bridgehead atoms. The maximum atomic E-state index is 13.2. The molecule has 1 saturated heterocycles. The van der Waals surface area contributed by atoms with E-state index in [1.807, 2.05) is 4.90 Å². The van der Waals surface area contributed by atoms with Crippen molar-refractivity contribution in [3.63, 3.8) is 0 Å². The van der Waals surface area contributed by atoms with Gasteiger partial charge in [-0.2, -0.15) is 20.1 Å². The first kappa shape index (κ1) is 23.6. The van der Waals surface area contributed by atoms with Crippen molar-refractivity contribution >= 4 is 58.6 Å². The molecule has 10 nitrogen and oxygen atoms in total. The van der Waals surface area contributed by atoms with Gasteiger partial charge in [-0.25, -0.2) is 9.82 Å². The first-order valence-electron chi connectivity index (χ1n) is 10.3. The minimum atomic E-state index is -0.572. The second kappa shape index (κ2) is 10.6. The fraction of sp³-hybridized carbons (Fsp3) is 0.238. The van der Waals surface area contributed by atoms with Crippen molar-refractivity contribution in [2.75, 3.05) is 28.7 Å². The van der Waals surface area contributed by atoms with Gasteiger partial charge in [0.1, 0.15) is 5.82 Å². The molecule has 0 radical (unpaired) electrons. The molecule has 176 valence electrons. The fourth-order valence-corrected chi connectivity index (χ4v) is 3.70. The van der Waals surface area contributed by atoms with Crippen LogP contribution in [-0.4, -0.2) is 39.2 Å². The number of hydrogen-bond acceptors (Lipinski definition) is 9. The van der Waals surface area contributed by atoms with Crippen LogP contribution < -0.4 is 15.6 Å². The van der Waals surface area contributed by atoms with Gasteiger partial charge in [0.15, 0.2) is 0 Å². The smallest absolute Gasteiger partial charge is 0.271 e. The minimum absolute atomic E-state index is 0.0376. The number of benzene rings is 2. The topological polar surface area (TPSA) is 121 Å². The maximum Gasteiger partial charge on any atom is 0.271 e. The molecule has 34 heavy (non-hydrogen) atoms. The Morgan fingerprint density at radius 1 is 1.06 bits per heavy atom. The molecule has 0 aliphatic carbocycles. The Kier molecular flexibility index (Phi) is 7.33. The third-order valence-corrected chi connectivity index (χ3v) is 5.80. The Morgan fingerprint density at radius 2 is 1.76 bits per heavy atom. The van der Waals surface area contributed by atoms with Crippen molar-refractivity contribution < 1.29 is 9.31 Å². The van der Waals surface area contributed by atoms with Gasteiger partial charge in [-0.3, -0.25) is 10.1 Å². The van der Waals surface area contributed by atoms with E-state index in [0.717, 1.165) is 32.4 Å². The van der Waals surface area contributed by atoms with Crippen molar-refractivity contribution in [3.8, 4) is 0 Å². The first-order chi connectivity index (χ1) is 16.4. The second-order valence-electron chi connectivity index (χ2n) is 7.42. The Bertz CT molecular complexity index is 1220. The molecule has 0 amide bonds. The summed E-state index contributed by atoms with van der Waals surface area (Å²) in [4.78, 5) is 25.8. The zero-order valence-corrected chi connectivity index (χ0v) is 19.2. The third kappa shape index (κ3) is 5.86. The standard InChI is InChI=1S/C21H19Cl2FN8O2/c22-17-11-16(32(33)34)10-13(18(17)23)12-25-30-20-27-19(26-15-6-4-14(24)5-7-15)28-21(29-20)31-8-2-1-3-9-31/h4-7,10-12H,1-3,8-9H2,(H2,26,27,28,29,30)/b25-12-. The van der Waals surface area contributed by atoms with E-state index < -0.39 is 4.92 Å². The molecule has 2 heterocycles. The highest BCUT2D eigenvalue weighted by atomic mass is 35.5. The van der Waals surface area contributed by atoms with E-state index in [-0.39, 0.29) is 39.0 Å². The zero-order valence-electron chi connectivity index (χ0n) is 17.7. The number of hydrogen-bond donors (Lipinski definition) is 2. The van der Waals surface area contributed by atoms with Gasteiger partial charge in [0, 0.05) is 36.5 Å². The molecule has 0 atom stereocenters. The summed E-state index contributed by atoms with van der Waals surface area (Å²) in [6.07, 6.45) is 4.49. The molecule has 1 aliphatic heterocycles. The van der Waals surface area contributed by atoms with Gasteiger partial charge in [-0.05, 0) is 43.5 Å². The van der Waals surface area contributed by atoms with Crippen molar-refractivity contribution in [3.05, 3.63) is 67.9 Å². The van der Waals surface area contributed by atoms with E-state index in [4.69, 9.17) is 23.2 Å². The molecule has 0 saturated carbocycles. The molecule has 13 heteroatoms. The zero-order chi connectivity index (χ0) is 24.1. The lowest BCUT2D eigenvalue weighted by atomic mass is 10.1. The Hall–Kier alpha value is -3.57. The summed E-state index contributed by atoms with van der Waals surface area (Å²) in [7, 11) is 0. The van der Waals surface area contributed by atoms with Crippen LogP contribution in [0.15, 0.2) is 41.5 Å². The highest BCUT2D eigenvalue weighted by molar-refractivity contribution is 6.43. The molecule has 2 N–H and O–H groups in total. The quantitative estimate of drug-likeness (QED) is 0.249. The van der Waals surface area contributed by atoms with Gasteiger partial charge in [0.25, 0.3) is 5.69 Å². The van der Waals surface area contributed by atoms with Crippen LogP contribution in [0.1, 0.15) is 24.8 Å². The Balaban J connectivity index is 1.60. The van der Waals surface area contributed by atoms with Gasteiger partial charge in [0.05, 0.1) is 21.2 Å². The predicted octanol–water partition coefficient (Wildman–Crippen LogP) is 5.41. The third-order valence-electron chi connectivity index (χ3n) is 4.98. The monoisotopic (exact) mass is 504 g/mol. The van der Waals surface area contributed by atoms with Crippen LogP contribution in [0.2, 0.25) is 10.0 Å². The molecule has 3 aromatic rings. The summed E-state index contributed by atoms with van der Waals surface area (Å²) in [6, 6.07) is 8.21. The molecule has 1 aromatic heterocycles. The van der Waals surface area contributed by atoms with E-state index >= 15 is 0 Å². The lowest BCUT2D eigenvalue weighted by Crippen LogP contribution is -2.31. The predicted molar refractivity (Wildman–Crippen MR) is 130 cm³/mol. The molecule has 2 aromatic carbocycles. The normalized spacial score (nSPS) is 13.8. The number of nitro groups is 1. The Labute approximate surface area is 204 Å². The average Bonchev–Trinajstić information content (AvgIpc) is 2.83. The van der Waals surface area contributed by atoms with Crippen LogP contribution >= 0.6 is 23.2 Å². The first-order valence-corrected chi connectivity index (χ1v) is 11.1. The second-order valence-corrected chi connectivity index (χ2v) is 8.21. The maximum absolute atomic E-state index is 13.2. The van der Waals surface area contributed by atoms with Gasteiger partial charge in [-0.1, -0.05) is 23.2 Å². The van der Waals surface area contributed by atoms with E-state index in [9.17, 15) is 14.5 Å². The van der Waals surface area contributed by atoms with Gasteiger partial charge in [-0.15, -0.1) is 0 Å². The van der Waals surface area contributed by atoms with Crippen LogP contribution in [0, 0.1) is 15.9 Å². The van der Waals surface area contributed by atoms with E-state index in [2.05, 4.69) is 30.8 Å². The lowest BCUT2D eigenvalue weighted by molar-refractivity contribution is -0.384. The summed E-state index contributed by atoms with van der Waals surface area (Å²) in [5.41, 5.74) is 3.35. The molecular weight excluding hydrogens is 486 g/mol. The summed E-state index contributed by atoms with van der Waals surface area (Å²) in [6.45, 7) is 1.62. The highest BCUT2D eigenvalue weighted by Gasteiger charge is 2.17. The van der Waals surface area contributed by atoms with E-state index in [1.165, 1.54) is 30.5 Å². The number of nitrogens with one attached hydrogen (secondary N) is 2. The van der Waals surface area contributed by atoms with Crippen molar-refractivity contribution in [1.29, 1.82) is 0 Å². The Morgan fingerprint density at radius 3 is 2.47 bits per heavy atom. The van der Waals surface area contributed by atoms with Crippen LogP contribution in [0.3, 0.4) is 0 Å². The van der Waals surface area contributed by atoms with Gasteiger partial charge >= 0.3 is 0 Å².